The molecular formula is C8H12Na2O9S3. The van der Waals surface area contributed by atoms with Crippen LogP contribution >= 0.6 is 0 Å². The Morgan fingerprint density at radius 3 is 1.55 bits per heavy atom. The van der Waals surface area contributed by atoms with Crippen molar-refractivity contribution in [3.05, 3.63) is 0 Å². The first kappa shape index (κ1) is 28.3. The number of carboxylic acids is 2. The van der Waals surface area contributed by atoms with Crippen LogP contribution in [0.4, 0.5) is 0 Å². The Kier molecular flexibility index (Phi) is 14.3. The molecule has 9 nitrogen and oxygen atoms in total. The number of carbonyl (C=O) groups is 2. The maximum atomic E-state index is 11.9. The van der Waals surface area contributed by atoms with Gasteiger partial charge in [0.05, 0.1) is 5.97 Å². The summed E-state index contributed by atoms with van der Waals surface area (Å²) in [5.74, 6) is -5.97. The summed E-state index contributed by atoms with van der Waals surface area (Å²) in [6.07, 6.45) is 0. The number of carbonyl (C=O) groups excluding carboxylic acids is 2. The molecule has 0 aromatic rings. The van der Waals surface area contributed by atoms with Crippen LogP contribution in [0.3, 0.4) is 0 Å². The monoisotopic (exact) mass is 394 g/mol. The zero-order chi connectivity index (χ0) is 16.3. The first-order chi connectivity index (χ1) is 8.97. The Morgan fingerprint density at radius 1 is 1.09 bits per heavy atom. The summed E-state index contributed by atoms with van der Waals surface area (Å²) in [6.45, 7) is 2.33. The van der Waals surface area contributed by atoms with Gasteiger partial charge in [-0.25, -0.2) is 0 Å². The van der Waals surface area contributed by atoms with Gasteiger partial charge in [-0.3, -0.25) is 4.55 Å². The van der Waals surface area contributed by atoms with E-state index in [1.54, 1.807) is 0 Å². The second-order valence-corrected chi connectivity index (χ2v) is 9.02. The van der Waals surface area contributed by atoms with Gasteiger partial charge < -0.3 is 28.9 Å². The van der Waals surface area contributed by atoms with E-state index in [2.05, 4.69) is 0 Å². The molecule has 0 saturated carbocycles. The van der Waals surface area contributed by atoms with Crippen molar-refractivity contribution in [3.8, 4) is 0 Å². The van der Waals surface area contributed by atoms with Gasteiger partial charge in [-0.05, 0) is 13.8 Å². The fourth-order valence-electron chi connectivity index (χ4n) is 1.54. The van der Waals surface area contributed by atoms with Gasteiger partial charge in [-0.1, -0.05) is 0 Å². The Balaban J connectivity index is -0.00000180. The molecule has 0 saturated heterocycles. The summed E-state index contributed by atoms with van der Waals surface area (Å²) in [5, 5.41) is 19.0. The van der Waals surface area contributed by atoms with Crippen LogP contribution in [-0.4, -0.2) is 54.8 Å². The molecule has 118 valence electrons. The molecule has 1 N–H and O–H groups in total. The van der Waals surface area contributed by atoms with E-state index in [1.165, 1.54) is 0 Å². The van der Waals surface area contributed by atoms with Crippen molar-refractivity contribution in [1.29, 1.82) is 0 Å². The third kappa shape index (κ3) is 5.77. The van der Waals surface area contributed by atoms with E-state index in [0.29, 0.717) is 0 Å². The molecule has 0 fully saturated rings. The molecule has 0 aromatic carbocycles. The molecule has 0 aliphatic heterocycles. The largest absolute Gasteiger partial charge is 1.00 e. The van der Waals surface area contributed by atoms with Crippen LogP contribution in [0.25, 0.3) is 0 Å². The van der Waals surface area contributed by atoms with E-state index in [0.717, 1.165) is 13.8 Å². The standard InChI is InChI=1S/C8H14O9S3.2Na/c1-3-18(13)8(7(11)12,19(14)4-2)5(6(9)10)20(15,16)17;;/h5H,3-4H2,1-2H3,(H,9,10)(H,11,12)(H,15,16,17);;/q;2*+1/p-2. The predicted molar refractivity (Wildman–Crippen MR) is 65.4 cm³/mol. The molecule has 3 unspecified atom stereocenters. The maximum absolute atomic E-state index is 11.9. The zero-order valence-corrected chi connectivity index (χ0v) is 18.9. The van der Waals surface area contributed by atoms with Gasteiger partial charge >= 0.3 is 63.2 Å². The molecule has 0 bridgehead atoms. The smallest absolute Gasteiger partial charge is 0.612 e. The van der Waals surface area contributed by atoms with Gasteiger partial charge in [0.1, 0.15) is 11.5 Å². The SMILES string of the molecule is CC[S+]([O-])C(C(=O)[O-])(C(C(=O)[O-])S(=O)(=O)O)[S+]([O-])CC.[Na+].[Na+]. The summed E-state index contributed by atoms with van der Waals surface area (Å²) in [4.78, 5) is 22.2. The van der Waals surface area contributed by atoms with E-state index in [1.807, 2.05) is 0 Å². The fourth-order valence-corrected chi connectivity index (χ4v) is 7.08. The molecule has 0 aliphatic carbocycles. The van der Waals surface area contributed by atoms with Crippen LogP contribution in [0.5, 0.6) is 0 Å². The van der Waals surface area contributed by atoms with E-state index in [-0.39, 0.29) is 59.1 Å². The third-order valence-corrected chi connectivity index (χ3v) is 8.10. The van der Waals surface area contributed by atoms with Crippen LogP contribution in [0.1, 0.15) is 13.8 Å². The van der Waals surface area contributed by atoms with Crippen molar-refractivity contribution in [2.75, 3.05) is 11.5 Å². The molecule has 0 spiro atoms. The zero-order valence-electron chi connectivity index (χ0n) is 12.4. The molecule has 14 heteroatoms. The van der Waals surface area contributed by atoms with E-state index >= 15 is 0 Å². The third-order valence-electron chi connectivity index (χ3n) is 2.34. The second kappa shape index (κ2) is 11.2. The minimum atomic E-state index is -5.55. The summed E-state index contributed by atoms with van der Waals surface area (Å²) in [6, 6.07) is 0. The van der Waals surface area contributed by atoms with Gasteiger partial charge in [0.25, 0.3) is 10.1 Å². The van der Waals surface area contributed by atoms with Gasteiger partial charge in [-0.15, -0.1) is 0 Å². The Bertz CT molecular complexity index is 473. The molecule has 0 heterocycles. The molecule has 3 atom stereocenters. The van der Waals surface area contributed by atoms with Crippen molar-refractivity contribution in [3.63, 3.8) is 0 Å². The topological polar surface area (TPSA) is 181 Å². The van der Waals surface area contributed by atoms with Gasteiger partial charge in [0.15, 0.2) is 5.97 Å². The van der Waals surface area contributed by atoms with Gasteiger partial charge in [0, 0.05) is 22.4 Å². The minimum absolute atomic E-state index is 0. The van der Waals surface area contributed by atoms with E-state index in [9.17, 15) is 37.3 Å². The van der Waals surface area contributed by atoms with Crippen LogP contribution in [0.15, 0.2) is 0 Å². The summed E-state index contributed by atoms with van der Waals surface area (Å²) in [5.41, 5.74) is 0. The molecule has 0 amide bonds. The van der Waals surface area contributed by atoms with Crippen LogP contribution in [-0.2, 0) is 42.1 Å². The molecule has 0 rings (SSSR count). The van der Waals surface area contributed by atoms with Gasteiger partial charge in [-0.2, -0.15) is 8.42 Å². The number of aliphatic carboxylic acids is 2. The number of rotatable bonds is 8. The Hall–Kier alpha value is 1.47. The van der Waals surface area contributed by atoms with Crippen molar-refractivity contribution in [2.45, 2.75) is 23.2 Å². The first-order valence-electron chi connectivity index (χ1n) is 5.13. The molecule has 0 aromatic heterocycles. The normalized spacial score (nSPS) is 17.9. The predicted octanol–water partition coefficient (Wildman–Crippen LogP) is -10.0. The maximum Gasteiger partial charge on any atom is 1.00 e. The number of hydrogen-bond donors (Lipinski definition) is 1. The molecule has 22 heavy (non-hydrogen) atoms. The van der Waals surface area contributed by atoms with E-state index < -0.39 is 65.2 Å². The van der Waals surface area contributed by atoms with Crippen LogP contribution in [0.2, 0.25) is 0 Å². The molecule has 0 radical (unpaired) electrons. The molecule has 0 aliphatic rings. The van der Waals surface area contributed by atoms with Crippen molar-refractivity contribution < 1.29 is 101 Å². The molecular weight excluding hydrogens is 382 g/mol. The summed E-state index contributed by atoms with van der Waals surface area (Å²) < 4.78 is 51.7. The Labute approximate surface area is 178 Å². The van der Waals surface area contributed by atoms with Gasteiger partial charge in [0.2, 0.25) is 5.25 Å². The average molecular weight is 394 g/mol. The average Bonchev–Trinajstić information content (AvgIpc) is 2.30. The summed E-state index contributed by atoms with van der Waals surface area (Å²) >= 11 is -5.41. The Morgan fingerprint density at radius 2 is 1.41 bits per heavy atom. The van der Waals surface area contributed by atoms with E-state index in [4.69, 9.17) is 4.55 Å². The first-order valence-corrected chi connectivity index (χ1v) is 9.27. The van der Waals surface area contributed by atoms with Crippen LogP contribution < -0.4 is 69.3 Å². The second-order valence-electron chi connectivity index (χ2n) is 3.44. The van der Waals surface area contributed by atoms with Crippen molar-refractivity contribution in [2.24, 2.45) is 0 Å². The quantitative estimate of drug-likeness (QED) is 0.237. The summed E-state index contributed by atoms with van der Waals surface area (Å²) in [7, 11) is -5.55. The minimum Gasteiger partial charge on any atom is -0.612 e. The van der Waals surface area contributed by atoms with Crippen molar-refractivity contribution in [1.82, 2.24) is 0 Å². The fraction of sp³-hybridized carbons (Fsp3) is 0.750. The van der Waals surface area contributed by atoms with Crippen molar-refractivity contribution >= 4 is 44.4 Å². The number of carboxylic acid groups (broad SMARTS) is 2. The number of hydrogen-bond acceptors (Lipinski definition) is 8. The van der Waals surface area contributed by atoms with Crippen LogP contribution in [0, 0.1) is 0 Å².